The zero-order valence-electron chi connectivity index (χ0n) is 30.7. The number of aromatic nitrogens is 4. The minimum Gasteiger partial charge on any atom is -0.628 e. The molecule has 0 spiro atoms. The van der Waals surface area contributed by atoms with Gasteiger partial charge in [-0.15, -0.1) is 0 Å². The average molecular weight is 761 g/mol. The van der Waals surface area contributed by atoms with E-state index in [0.29, 0.717) is 0 Å². The van der Waals surface area contributed by atoms with Gasteiger partial charge < -0.3 is 19.9 Å². The predicted molar refractivity (Wildman–Crippen MR) is 218 cm³/mol. The van der Waals surface area contributed by atoms with E-state index in [0.717, 1.165) is 91.5 Å². The fourth-order valence-corrected chi connectivity index (χ4v) is 7.22. The Bertz CT molecular complexity index is 2170. The summed E-state index contributed by atoms with van der Waals surface area (Å²) < 4.78 is 0. The van der Waals surface area contributed by atoms with Crippen LogP contribution in [0, 0.1) is 30.6 Å². The van der Waals surface area contributed by atoms with Gasteiger partial charge in [0.05, 0.1) is 22.3 Å². The number of aryl methyl sites for hydroxylation is 1. The number of hydrogen-bond donors (Lipinski definition) is 0. The summed E-state index contributed by atoms with van der Waals surface area (Å²) in [5.41, 5.74) is 12.4. The Kier molecular flexibility index (Phi) is 10.5. The van der Waals surface area contributed by atoms with Gasteiger partial charge in [-0.2, -0.15) is 0 Å². The Morgan fingerprint density at radius 2 is 0.429 bits per heavy atom. The summed E-state index contributed by atoms with van der Waals surface area (Å²) in [5, 5.41) is 0. The van der Waals surface area contributed by atoms with E-state index in [4.69, 9.17) is 19.9 Å². The minimum atomic E-state index is 0. The molecule has 0 amide bonds. The Hall–Kier alpha value is -6.78. The van der Waals surface area contributed by atoms with Crippen LogP contribution in [0.5, 0.6) is 0 Å². The first-order chi connectivity index (χ1) is 27.2. The van der Waals surface area contributed by atoms with Crippen molar-refractivity contribution in [1.82, 2.24) is 19.9 Å². The molecule has 0 fully saturated rings. The molecule has 0 N–H and O–H groups in total. The van der Waals surface area contributed by atoms with Gasteiger partial charge in [-0.05, 0) is 125 Å². The van der Waals surface area contributed by atoms with Crippen LogP contribution in [0.25, 0.3) is 0 Å². The minimum absolute atomic E-state index is 0. The maximum absolute atomic E-state index is 5.31. The topological polar surface area (TPSA) is 56.4 Å². The number of rotatable bonds is 4. The molecule has 0 saturated carbocycles. The van der Waals surface area contributed by atoms with Gasteiger partial charge in [-0.1, -0.05) is 35.9 Å². The molecule has 56 heavy (non-hydrogen) atoms. The summed E-state index contributed by atoms with van der Waals surface area (Å²) in [6, 6.07) is 68.7. The molecule has 9 aromatic rings. The van der Waals surface area contributed by atoms with E-state index in [9.17, 15) is 0 Å². The molecule has 1 aliphatic heterocycles. The van der Waals surface area contributed by atoms with Crippen molar-refractivity contribution < 1.29 is 17.1 Å². The summed E-state index contributed by atoms with van der Waals surface area (Å²) in [4.78, 5) is 21.2. The standard InChI is InChI=1S/C44H28N4.C7H8.Fe/c1-5-13-29(14-6-1)41-33-21-23-35(45-33)42(30-15-7-2-8-16-30)37-25-27-39(47-37)44(32-19-11-4-12-20-32)40-28-26-38(48-40)43(31-17-9-3-10-18-31)36-24-22-34(41)46-36;1-7-5-3-2-4-6-7;/h1-28H;2-6H,1H3;. The molecule has 5 aromatic carbocycles. The molecule has 0 atom stereocenters. The smallest absolute Gasteiger partial charge is 0.0768 e. The monoisotopic (exact) mass is 760 g/mol. The summed E-state index contributed by atoms with van der Waals surface area (Å²) in [7, 11) is 0. The molecule has 0 saturated heterocycles. The Morgan fingerprint density at radius 1 is 0.250 bits per heavy atom. The van der Waals surface area contributed by atoms with Crippen LogP contribution in [0.4, 0.5) is 0 Å². The van der Waals surface area contributed by atoms with E-state index in [1.807, 2.05) is 42.5 Å². The molecule has 1 aliphatic rings. The van der Waals surface area contributed by atoms with Crippen LogP contribution in [0.1, 0.15) is 73.4 Å². The second-order valence-corrected chi connectivity index (χ2v) is 13.5. The van der Waals surface area contributed by atoms with Gasteiger partial charge in [0.2, 0.25) is 0 Å². The Morgan fingerprint density at radius 3 is 0.589 bits per heavy atom. The van der Waals surface area contributed by atoms with Gasteiger partial charge in [0.1, 0.15) is 0 Å². The maximum atomic E-state index is 5.31. The summed E-state index contributed by atoms with van der Waals surface area (Å²) in [6.45, 7) is 2.08. The van der Waals surface area contributed by atoms with Crippen molar-refractivity contribution in [1.29, 1.82) is 0 Å². The molecular weight excluding hydrogens is 724 g/mol. The van der Waals surface area contributed by atoms with Crippen molar-refractivity contribution in [3.63, 3.8) is 0 Å². The van der Waals surface area contributed by atoms with Gasteiger partial charge >= 0.3 is 0 Å². The molecule has 4 aromatic heterocycles. The molecule has 0 unspecified atom stereocenters. The largest absolute Gasteiger partial charge is 0.628 e. The van der Waals surface area contributed by atoms with Crippen LogP contribution in [0.2, 0.25) is 0 Å². The molecule has 8 bridgehead atoms. The normalized spacial score (nSPS) is 12.1. The second kappa shape index (κ2) is 16.3. The average Bonchev–Trinajstić information content (AvgIpc) is 4.08. The molecule has 268 valence electrons. The van der Waals surface area contributed by atoms with Crippen molar-refractivity contribution in [2.24, 2.45) is 0 Å². The van der Waals surface area contributed by atoms with Gasteiger partial charge in [-0.3, -0.25) is 0 Å². The zero-order chi connectivity index (χ0) is 37.0. The molecular formula is C51H36FeN4. The van der Waals surface area contributed by atoms with Crippen LogP contribution in [0.3, 0.4) is 0 Å². The Balaban J connectivity index is 0.000000500. The van der Waals surface area contributed by atoms with Crippen molar-refractivity contribution in [2.75, 3.05) is 0 Å². The third-order valence-electron chi connectivity index (χ3n) is 9.80. The summed E-state index contributed by atoms with van der Waals surface area (Å²) in [6.07, 6.45) is 0. The first-order valence-corrected chi connectivity index (χ1v) is 18.5. The van der Waals surface area contributed by atoms with Gasteiger partial charge in [0, 0.05) is 138 Å². The van der Waals surface area contributed by atoms with Crippen LogP contribution in [-0.2, 0) is 17.1 Å². The molecule has 5 heterocycles. The first kappa shape index (κ1) is 36.2. The predicted octanol–water partition coefficient (Wildman–Crippen LogP) is 9.90. The number of fused-ring (bicyclic) bond motifs is 8. The Labute approximate surface area is 339 Å². The number of nitrogens with zero attached hydrogens (tertiary/aromatic N) is 4. The van der Waals surface area contributed by atoms with E-state index in [-0.39, 0.29) is 17.1 Å². The molecule has 5 heteroatoms. The third kappa shape index (κ3) is 7.34. The van der Waals surface area contributed by atoms with E-state index >= 15 is 0 Å². The number of hydrogen-bond acceptors (Lipinski definition) is 0. The second-order valence-electron chi connectivity index (χ2n) is 13.5. The van der Waals surface area contributed by atoms with Gasteiger partial charge in [0.15, 0.2) is 0 Å². The number of benzene rings is 5. The van der Waals surface area contributed by atoms with E-state index < -0.39 is 0 Å². The van der Waals surface area contributed by atoms with Crippen LogP contribution >= 0.6 is 0 Å². The van der Waals surface area contributed by atoms with Crippen LogP contribution < -0.4 is 19.9 Å². The SMILES string of the molecule is Cc1ccccc1.[Fe].c1ccc([C+]2c3ccc([n-]3)[C+](c3ccccc3)c3ccc([n-]3)[C+](c3ccccc3)c3ccc([n-]3)[C+](c3ccccc3)c3ccc2[n-]3)cc1. The summed E-state index contributed by atoms with van der Waals surface area (Å²) >= 11 is 0. The van der Waals surface area contributed by atoms with Crippen molar-refractivity contribution >= 4 is 0 Å². The summed E-state index contributed by atoms with van der Waals surface area (Å²) in [5.74, 6) is 3.91. The van der Waals surface area contributed by atoms with Crippen molar-refractivity contribution in [3.8, 4) is 0 Å². The fourth-order valence-electron chi connectivity index (χ4n) is 7.22. The molecule has 10 rings (SSSR count). The van der Waals surface area contributed by atoms with E-state index in [1.54, 1.807) is 0 Å². The van der Waals surface area contributed by atoms with E-state index in [2.05, 4.69) is 165 Å². The molecule has 0 radical (unpaired) electrons. The fraction of sp³-hybridized carbons (Fsp3) is 0.0196. The molecule has 4 nitrogen and oxygen atoms in total. The molecule has 0 aliphatic carbocycles. The maximum Gasteiger partial charge on any atom is 0.0768 e. The van der Waals surface area contributed by atoms with Gasteiger partial charge in [0.25, 0.3) is 0 Å². The van der Waals surface area contributed by atoms with Crippen LogP contribution in [0.15, 0.2) is 200 Å². The quantitative estimate of drug-likeness (QED) is 0.132. The zero-order valence-corrected chi connectivity index (χ0v) is 31.8. The van der Waals surface area contributed by atoms with E-state index in [1.165, 1.54) is 5.56 Å². The van der Waals surface area contributed by atoms with Gasteiger partial charge in [-0.25, -0.2) is 0 Å². The van der Waals surface area contributed by atoms with Crippen LogP contribution in [-0.4, -0.2) is 0 Å². The first-order valence-electron chi connectivity index (χ1n) is 18.5. The van der Waals surface area contributed by atoms with Crippen molar-refractivity contribution in [2.45, 2.75) is 6.92 Å². The third-order valence-corrected chi connectivity index (χ3v) is 9.80. The van der Waals surface area contributed by atoms with Crippen molar-refractivity contribution in [3.05, 3.63) is 297 Å².